The van der Waals surface area contributed by atoms with Crippen LogP contribution in [0.3, 0.4) is 0 Å². The van der Waals surface area contributed by atoms with Crippen molar-refractivity contribution in [3.63, 3.8) is 0 Å². The van der Waals surface area contributed by atoms with Gasteiger partial charge in [-0.1, -0.05) is 24.3 Å². The lowest BCUT2D eigenvalue weighted by atomic mass is 10.2. The maximum Gasteiger partial charge on any atom is 0.267 e. The Hall–Kier alpha value is -2.61. The molecule has 1 N–H and O–H groups in total. The molecule has 132 valence electrons. The molecule has 1 aliphatic rings. The molecular formula is C17H17FN2O4S. The molecule has 1 amide bonds. The van der Waals surface area contributed by atoms with Crippen molar-refractivity contribution in [1.82, 2.24) is 0 Å². The number of halogens is 1. The van der Waals surface area contributed by atoms with Crippen LogP contribution in [0.5, 0.6) is 5.75 Å². The van der Waals surface area contributed by atoms with Crippen molar-refractivity contribution in [3.8, 4) is 5.75 Å². The van der Waals surface area contributed by atoms with Gasteiger partial charge in [0.1, 0.15) is 11.6 Å². The van der Waals surface area contributed by atoms with E-state index >= 15 is 0 Å². The zero-order valence-electron chi connectivity index (χ0n) is 13.5. The zero-order chi connectivity index (χ0) is 18.0. The summed E-state index contributed by atoms with van der Waals surface area (Å²) >= 11 is 0. The summed E-state index contributed by atoms with van der Waals surface area (Å²) in [7, 11) is -3.58. The van der Waals surface area contributed by atoms with E-state index in [1.807, 2.05) is 0 Å². The molecule has 1 atom stereocenters. The van der Waals surface area contributed by atoms with E-state index < -0.39 is 27.9 Å². The van der Waals surface area contributed by atoms with Crippen LogP contribution in [0.1, 0.15) is 6.92 Å². The molecule has 0 bridgehead atoms. The molecule has 0 radical (unpaired) electrons. The average Bonchev–Trinajstić information content (AvgIpc) is 2.62. The van der Waals surface area contributed by atoms with Gasteiger partial charge < -0.3 is 10.1 Å². The van der Waals surface area contributed by atoms with Crippen molar-refractivity contribution < 1.29 is 22.3 Å². The van der Waals surface area contributed by atoms with Gasteiger partial charge in [-0.05, 0) is 31.2 Å². The number of carbonyl (C=O) groups is 1. The first-order valence-electron chi connectivity index (χ1n) is 7.74. The summed E-state index contributed by atoms with van der Waals surface area (Å²) in [4.78, 5) is 12.5. The topological polar surface area (TPSA) is 75.7 Å². The Kier molecular flexibility index (Phi) is 4.63. The van der Waals surface area contributed by atoms with Gasteiger partial charge in [-0.15, -0.1) is 0 Å². The summed E-state index contributed by atoms with van der Waals surface area (Å²) in [5.41, 5.74) is 0.402. The molecule has 6 nitrogen and oxygen atoms in total. The third kappa shape index (κ3) is 3.43. The van der Waals surface area contributed by atoms with Crippen molar-refractivity contribution in [1.29, 1.82) is 0 Å². The minimum Gasteiger partial charge on any atom is -0.476 e. The Morgan fingerprint density at radius 1 is 1.24 bits per heavy atom. The number of amides is 1. The largest absolute Gasteiger partial charge is 0.476 e. The van der Waals surface area contributed by atoms with Gasteiger partial charge in [-0.2, -0.15) is 0 Å². The molecule has 1 heterocycles. The van der Waals surface area contributed by atoms with Crippen molar-refractivity contribution in [2.75, 3.05) is 21.9 Å². The molecule has 3 rings (SSSR count). The first-order valence-corrected chi connectivity index (χ1v) is 9.35. The van der Waals surface area contributed by atoms with E-state index in [4.69, 9.17) is 4.74 Å². The molecule has 2 aromatic rings. The number of carbonyl (C=O) groups excluding carboxylic acids is 1. The number of fused-ring (bicyclic) bond motifs is 1. The van der Waals surface area contributed by atoms with Crippen LogP contribution in [0.4, 0.5) is 15.8 Å². The Bertz CT molecular complexity index is 901. The Balaban J connectivity index is 1.89. The number of anilines is 2. The highest BCUT2D eigenvalue weighted by Gasteiger charge is 2.36. The number of hydrogen-bond donors (Lipinski definition) is 1. The molecule has 0 spiro atoms. The van der Waals surface area contributed by atoms with Crippen molar-refractivity contribution in [2.45, 2.75) is 13.0 Å². The number of ether oxygens (including phenoxy) is 1. The predicted molar refractivity (Wildman–Crippen MR) is 92.7 cm³/mol. The SMILES string of the molecule is CCS(=O)(=O)N1CC(C(=O)Nc2ccccc2F)Oc2ccccc21. The van der Waals surface area contributed by atoms with Gasteiger partial charge in [0.05, 0.1) is 23.7 Å². The van der Waals surface area contributed by atoms with Crippen molar-refractivity contribution >= 4 is 27.3 Å². The minimum absolute atomic E-state index is 0.0138. The summed E-state index contributed by atoms with van der Waals surface area (Å²) in [6, 6.07) is 12.3. The number of nitrogens with zero attached hydrogens (tertiary/aromatic N) is 1. The van der Waals surface area contributed by atoms with Crippen molar-refractivity contribution in [2.24, 2.45) is 0 Å². The molecule has 0 fully saturated rings. The Morgan fingerprint density at radius 3 is 2.64 bits per heavy atom. The van der Waals surface area contributed by atoms with Gasteiger partial charge >= 0.3 is 0 Å². The average molecular weight is 364 g/mol. The predicted octanol–water partition coefficient (Wildman–Crippen LogP) is 2.38. The number of nitrogens with one attached hydrogen (secondary N) is 1. The minimum atomic E-state index is -3.58. The lowest BCUT2D eigenvalue weighted by molar-refractivity contribution is -0.122. The van der Waals surface area contributed by atoms with Gasteiger partial charge in [0, 0.05) is 0 Å². The van der Waals surface area contributed by atoms with Crippen LogP contribution in [0, 0.1) is 5.82 Å². The normalized spacial score (nSPS) is 16.7. The second-order valence-corrected chi connectivity index (χ2v) is 7.66. The first-order chi connectivity index (χ1) is 11.9. The molecular weight excluding hydrogens is 347 g/mol. The van der Waals surface area contributed by atoms with Gasteiger partial charge in [0.15, 0.2) is 6.10 Å². The molecule has 1 aliphatic heterocycles. The highest BCUT2D eigenvalue weighted by atomic mass is 32.2. The molecule has 1 unspecified atom stereocenters. The second kappa shape index (κ2) is 6.72. The van der Waals surface area contributed by atoms with Crippen LogP contribution in [0.2, 0.25) is 0 Å². The summed E-state index contributed by atoms with van der Waals surface area (Å²) < 4.78 is 45.3. The highest BCUT2D eigenvalue weighted by Crippen LogP contribution is 2.35. The molecule has 2 aromatic carbocycles. The second-order valence-electron chi connectivity index (χ2n) is 5.47. The Labute approximate surface area is 145 Å². The third-order valence-electron chi connectivity index (χ3n) is 3.86. The molecule has 0 saturated heterocycles. The standard InChI is InChI=1S/C17H17FN2O4S/c1-2-25(22,23)20-11-16(24-15-10-6-5-9-14(15)20)17(21)19-13-8-4-3-7-12(13)18/h3-10,16H,2,11H2,1H3,(H,19,21). The van der Waals surface area contributed by atoms with E-state index in [-0.39, 0.29) is 18.0 Å². The number of para-hydroxylation sites is 3. The summed E-state index contributed by atoms with van der Waals surface area (Å²) in [5.74, 6) is -1.01. The smallest absolute Gasteiger partial charge is 0.267 e. The number of benzene rings is 2. The third-order valence-corrected chi connectivity index (χ3v) is 5.61. The van der Waals surface area contributed by atoms with Crippen LogP contribution >= 0.6 is 0 Å². The van der Waals surface area contributed by atoms with E-state index in [2.05, 4.69) is 5.32 Å². The number of sulfonamides is 1. The van der Waals surface area contributed by atoms with Crippen LogP contribution in [-0.2, 0) is 14.8 Å². The van der Waals surface area contributed by atoms with Crippen LogP contribution < -0.4 is 14.4 Å². The van der Waals surface area contributed by atoms with Crippen molar-refractivity contribution in [3.05, 3.63) is 54.3 Å². The highest BCUT2D eigenvalue weighted by molar-refractivity contribution is 7.92. The van der Waals surface area contributed by atoms with E-state index in [0.717, 1.165) is 4.31 Å². The fourth-order valence-electron chi connectivity index (χ4n) is 2.53. The monoisotopic (exact) mass is 364 g/mol. The summed E-state index contributed by atoms with van der Waals surface area (Å²) in [6.45, 7) is 1.36. The van der Waals surface area contributed by atoms with E-state index in [1.54, 1.807) is 30.3 Å². The van der Waals surface area contributed by atoms with E-state index in [9.17, 15) is 17.6 Å². The van der Waals surface area contributed by atoms with Gasteiger partial charge in [-0.3, -0.25) is 9.10 Å². The molecule has 0 saturated carbocycles. The quantitative estimate of drug-likeness (QED) is 0.904. The van der Waals surface area contributed by atoms with Crippen LogP contribution in [-0.4, -0.2) is 32.7 Å². The van der Waals surface area contributed by atoms with Crippen LogP contribution in [0.25, 0.3) is 0 Å². The molecule has 25 heavy (non-hydrogen) atoms. The fraction of sp³-hybridized carbons (Fsp3) is 0.235. The van der Waals surface area contributed by atoms with E-state index in [1.165, 1.54) is 25.1 Å². The lowest BCUT2D eigenvalue weighted by Gasteiger charge is -2.34. The first kappa shape index (κ1) is 17.2. The van der Waals surface area contributed by atoms with Crippen LogP contribution in [0.15, 0.2) is 48.5 Å². The molecule has 0 aromatic heterocycles. The fourth-order valence-corrected chi connectivity index (χ4v) is 3.66. The molecule has 0 aliphatic carbocycles. The Morgan fingerprint density at radius 2 is 1.92 bits per heavy atom. The van der Waals surface area contributed by atoms with Gasteiger partial charge in [0.2, 0.25) is 10.0 Å². The summed E-state index contributed by atoms with van der Waals surface area (Å²) in [6.07, 6.45) is -1.09. The zero-order valence-corrected chi connectivity index (χ0v) is 14.3. The van der Waals surface area contributed by atoms with Gasteiger partial charge in [0.25, 0.3) is 5.91 Å². The maximum absolute atomic E-state index is 13.7. The number of hydrogen-bond acceptors (Lipinski definition) is 4. The lowest BCUT2D eigenvalue weighted by Crippen LogP contribution is -2.49. The molecule has 8 heteroatoms. The van der Waals surface area contributed by atoms with Gasteiger partial charge in [-0.25, -0.2) is 12.8 Å². The number of rotatable bonds is 4. The maximum atomic E-state index is 13.7. The van der Waals surface area contributed by atoms with E-state index in [0.29, 0.717) is 11.4 Å². The summed E-state index contributed by atoms with van der Waals surface area (Å²) in [5, 5.41) is 2.44.